The second-order valence-corrected chi connectivity index (χ2v) is 4.25. The lowest BCUT2D eigenvalue weighted by Crippen LogP contribution is -2.40. The predicted molar refractivity (Wildman–Crippen MR) is 55.8 cm³/mol. The Morgan fingerprint density at radius 3 is 2.47 bits per heavy atom. The molecule has 0 spiro atoms. The molecule has 0 aliphatic heterocycles. The van der Waals surface area contributed by atoms with Crippen molar-refractivity contribution in [3.63, 3.8) is 0 Å². The molecule has 0 radical (unpaired) electrons. The maximum Gasteiger partial charge on any atom is 0.248 e. The minimum absolute atomic E-state index is 0.0504. The monoisotopic (exact) mass is 211 g/mol. The zero-order valence-electron chi connectivity index (χ0n) is 8.55. The Kier molecular flexibility index (Phi) is 3.00. The summed E-state index contributed by atoms with van der Waals surface area (Å²) in [6.07, 6.45) is 0.101. The highest BCUT2D eigenvalue weighted by molar-refractivity contribution is 5.14. The Morgan fingerprint density at radius 2 is 1.87 bits per heavy atom. The highest BCUT2D eigenvalue weighted by Gasteiger charge is 2.44. The summed E-state index contributed by atoms with van der Waals surface area (Å²) in [7, 11) is 0. The molecule has 1 fully saturated rings. The highest BCUT2D eigenvalue weighted by atomic mass is 19.3. The van der Waals surface area contributed by atoms with Crippen LogP contribution in [-0.4, -0.2) is 12.5 Å². The van der Waals surface area contributed by atoms with E-state index in [1.165, 1.54) is 5.56 Å². The van der Waals surface area contributed by atoms with Gasteiger partial charge in [0.15, 0.2) is 0 Å². The van der Waals surface area contributed by atoms with Crippen LogP contribution < -0.4 is 5.32 Å². The van der Waals surface area contributed by atoms with Crippen LogP contribution in [0.2, 0.25) is 0 Å². The lowest BCUT2D eigenvalue weighted by atomic mass is 9.81. The summed E-state index contributed by atoms with van der Waals surface area (Å²) in [5, 5.41) is 3.21. The SMILES string of the molecule is FC1(F)CC(CNCc2ccccc2)C1. The van der Waals surface area contributed by atoms with Crippen molar-refractivity contribution in [3.8, 4) is 0 Å². The van der Waals surface area contributed by atoms with Gasteiger partial charge in [-0.2, -0.15) is 0 Å². The molecular formula is C12H15F2N. The molecule has 2 rings (SSSR count). The average Bonchev–Trinajstić information content (AvgIpc) is 2.16. The summed E-state index contributed by atoms with van der Waals surface area (Å²) in [5.74, 6) is -2.23. The van der Waals surface area contributed by atoms with Crippen LogP contribution in [0.5, 0.6) is 0 Å². The van der Waals surface area contributed by atoms with Crippen molar-refractivity contribution in [1.29, 1.82) is 0 Å². The van der Waals surface area contributed by atoms with Gasteiger partial charge in [0.1, 0.15) is 0 Å². The summed E-state index contributed by atoms with van der Waals surface area (Å²) >= 11 is 0. The summed E-state index contributed by atoms with van der Waals surface area (Å²) in [6.45, 7) is 1.47. The van der Waals surface area contributed by atoms with E-state index in [4.69, 9.17) is 0 Å². The van der Waals surface area contributed by atoms with Gasteiger partial charge in [0.05, 0.1) is 0 Å². The fourth-order valence-corrected chi connectivity index (χ4v) is 1.95. The number of rotatable bonds is 4. The number of alkyl halides is 2. The first kappa shape index (κ1) is 10.6. The fraction of sp³-hybridized carbons (Fsp3) is 0.500. The topological polar surface area (TPSA) is 12.0 Å². The molecule has 0 heterocycles. The number of hydrogen-bond acceptors (Lipinski definition) is 1. The minimum Gasteiger partial charge on any atom is -0.312 e. The Balaban J connectivity index is 1.64. The van der Waals surface area contributed by atoms with E-state index < -0.39 is 5.92 Å². The first-order chi connectivity index (χ1) is 7.16. The van der Waals surface area contributed by atoms with Gasteiger partial charge >= 0.3 is 0 Å². The maximum absolute atomic E-state index is 12.5. The lowest BCUT2D eigenvalue weighted by Gasteiger charge is -2.35. The van der Waals surface area contributed by atoms with E-state index in [0.29, 0.717) is 6.54 Å². The highest BCUT2D eigenvalue weighted by Crippen LogP contribution is 2.41. The summed E-state index contributed by atoms with van der Waals surface area (Å²) < 4.78 is 25.0. The van der Waals surface area contributed by atoms with E-state index in [9.17, 15) is 8.78 Å². The van der Waals surface area contributed by atoms with Crippen molar-refractivity contribution in [1.82, 2.24) is 5.32 Å². The van der Waals surface area contributed by atoms with Crippen LogP contribution in [0.4, 0.5) is 8.78 Å². The Labute approximate surface area is 88.5 Å². The van der Waals surface area contributed by atoms with Gasteiger partial charge in [-0.25, -0.2) is 8.78 Å². The van der Waals surface area contributed by atoms with Crippen LogP contribution in [0.3, 0.4) is 0 Å². The van der Waals surface area contributed by atoms with Crippen molar-refractivity contribution >= 4 is 0 Å². The maximum atomic E-state index is 12.5. The Morgan fingerprint density at radius 1 is 1.20 bits per heavy atom. The largest absolute Gasteiger partial charge is 0.312 e. The number of nitrogens with one attached hydrogen (secondary N) is 1. The molecule has 0 aromatic heterocycles. The molecule has 1 aromatic rings. The molecule has 3 heteroatoms. The van der Waals surface area contributed by atoms with Gasteiger partial charge in [0, 0.05) is 19.4 Å². The summed E-state index contributed by atoms with van der Waals surface area (Å²) in [6, 6.07) is 9.99. The van der Waals surface area contributed by atoms with Gasteiger partial charge < -0.3 is 5.32 Å². The van der Waals surface area contributed by atoms with Gasteiger partial charge in [0.25, 0.3) is 0 Å². The zero-order valence-corrected chi connectivity index (χ0v) is 8.55. The predicted octanol–water partition coefficient (Wildman–Crippen LogP) is 2.82. The molecular weight excluding hydrogens is 196 g/mol. The minimum atomic E-state index is -2.39. The van der Waals surface area contributed by atoms with E-state index in [1.54, 1.807) is 0 Å². The van der Waals surface area contributed by atoms with E-state index in [-0.39, 0.29) is 18.8 Å². The summed E-state index contributed by atoms with van der Waals surface area (Å²) in [4.78, 5) is 0. The number of benzene rings is 1. The molecule has 1 saturated carbocycles. The van der Waals surface area contributed by atoms with Gasteiger partial charge in [-0.1, -0.05) is 30.3 Å². The third kappa shape index (κ3) is 2.99. The van der Waals surface area contributed by atoms with Crippen LogP contribution in [0.25, 0.3) is 0 Å². The molecule has 1 aliphatic rings. The molecule has 82 valence electrons. The van der Waals surface area contributed by atoms with E-state index in [1.807, 2.05) is 30.3 Å². The van der Waals surface area contributed by atoms with Crippen LogP contribution in [0.15, 0.2) is 30.3 Å². The quantitative estimate of drug-likeness (QED) is 0.807. The van der Waals surface area contributed by atoms with E-state index in [2.05, 4.69) is 5.32 Å². The molecule has 1 aromatic carbocycles. The zero-order chi connectivity index (χ0) is 10.7. The van der Waals surface area contributed by atoms with Gasteiger partial charge in [-0.3, -0.25) is 0 Å². The Hall–Kier alpha value is -0.960. The van der Waals surface area contributed by atoms with Gasteiger partial charge in [-0.05, 0) is 18.0 Å². The van der Waals surface area contributed by atoms with Crippen molar-refractivity contribution < 1.29 is 8.78 Å². The van der Waals surface area contributed by atoms with Crippen LogP contribution >= 0.6 is 0 Å². The number of hydrogen-bond donors (Lipinski definition) is 1. The second-order valence-electron chi connectivity index (χ2n) is 4.25. The molecule has 1 N–H and O–H groups in total. The molecule has 15 heavy (non-hydrogen) atoms. The molecule has 0 amide bonds. The molecule has 0 unspecified atom stereocenters. The van der Waals surface area contributed by atoms with Crippen molar-refractivity contribution in [3.05, 3.63) is 35.9 Å². The van der Waals surface area contributed by atoms with Gasteiger partial charge in [0.2, 0.25) is 5.92 Å². The van der Waals surface area contributed by atoms with Crippen molar-refractivity contribution in [2.75, 3.05) is 6.54 Å². The Bertz CT molecular complexity index is 303. The molecule has 0 saturated heterocycles. The van der Waals surface area contributed by atoms with E-state index >= 15 is 0 Å². The van der Waals surface area contributed by atoms with Crippen molar-refractivity contribution in [2.45, 2.75) is 25.3 Å². The first-order valence-corrected chi connectivity index (χ1v) is 5.28. The lowest BCUT2D eigenvalue weighted by molar-refractivity contribution is -0.109. The molecule has 1 aliphatic carbocycles. The third-order valence-electron chi connectivity index (χ3n) is 2.78. The van der Waals surface area contributed by atoms with Crippen LogP contribution in [0, 0.1) is 5.92 Å². The number of halogens is 2. The molecule has 0 atom stereocenters. The fourth-order valence-electron chi connectivity index (χ4n) is 1.95. The first-order valence-electron chi connectivity index (χ1n) is 5.28. The normalized spacial score (nSPS) is 19.9. The second kappa shape index (κ2) is 4.27. The van der Waals surface area contributed by atoms with Crippen LogP contribution in [-0.2, 0) is 6.54 Å². The average molecular weight is 211 g/mol. The van der Waals surface area contributed by atoms with Crippen LogP contribution in [0.1, 0.15) is 18.4 Å². The van der Waals surface area contributed by atoms with Crippen molar-refractivity contribution in [2.24, 2.45) is 5.92 Å². The molecule has 1 nitrogen and oxygen atoms in total. The van der Waals surface area contributed by atoms with E-state index in [0.717, 1.165) is 6.54 Å². The smallest absolute Gasteiger partial charge is 0.248 e. The third-order valence-corrected chi connectivity index (χ3v) is 2.78. The van der Waals surface area contributed by atoms with Gasteiger partial charge in [-0.15, -0.1) is 0 Å². The summed E-state index contributed by atoms with van der Waals surface area (Å²) in [5.41, 5.74) is 1.20. The standard InChI is InChI=1S/C12H15F2N/c13-12(14)6-11(7-12)9-15-8-10-4-2-1-3-5-10/h1-5,11,15H,6-9H2. The molecule has 0 bridgehead atoms.